The van der Waals surface area contributed by atoms with Gasteiger partial charge in [-0.15, -0.1) is 0 Å². The number of para-hydroxylation sites is 2. The fourth-order valence-corrected chi connectivity index (χ4v) is 2.91. The predicted molar refractivity (Wildman–Crippen MR) is 106 cm³/mol. The van der Waals surface area contributed by atoms with Crippen LogP contribution in [0.3, 0.4) is 0 Å². The quantitative estimate of drug-likeness (QED) is 0.683. The number of hydrogen-bond donors (Lipinski definition) is 2. The van der Waals surface area contributed by atoms with Crippen molar-refractivity contribution in [2.75, 3.05) is 5.32 Å². The number of imidazole rings is 1. The van der Waals surface area contributed by atoms with E-state index in [1.165, 1.54) is 24.3 Å². The number of fused-ring (bicyclic) bond motifs is 1. The Morgan fingerprint density at radius 3 is 2.43 bits per heavy atom. The summed E-state index contributed by atoms with van der Waals surface area (Å²) in [6, 6.07) is 12.7. The molecule has 0 spiro atoms. The molecule has 2 N–H and O–H groups in total. The molecule has 7 heteroatoms. The molecular weight excluding hydrogens is 359 g/mol. The topological polar surface area (TPSA) is 76.0 Å². The van der Waals surface area contributed by atoms with Gasteiger partial charge in [-0.1, -0.05) is 26.0 Å². The van der Waals surface area contributed by atoms with Crippen molar-refractivity contribution in [3.63, 3.8) is 0 Å². The highest BCUT2D eigenvalue weighted by molar-refractivity contribution is 5.91. The van der Waals surface area contributed by atoms with Gasteiger partial charge in [-0.25, -0.2) is 9.37 Å². The van der Waals surface area contributed by atoms with Gasteiger partial charge in [-0.3, -0.25) is 9.59 Å². The number of nitrogens with one attached hydrogen (secondary N) is 2. The van der Waals surface area contributed by atoms with Gasteiger partial charge in [-0.05, 0) is 43.3 Å². The Kier molecular flexibility index (Phi) is 5.73. The molecule has 0 bridgehead atoms. The van der Waals surface area contributed by atoms with Crippen molar-refractivity contribution >= 4 is 28.5 Å². The number of carbonyl (C=O) groups excluding carboxylic acids is 2. The van der Waals surface area contributed by atoms with E-state index >= 15 is 0 Å². The summed E-state index contributed by atoms with van der Waals surface area (Å²) in [6.45, 7) is 5.51. The van der Waals surface area contributed by atoms with E-state index in [0.717, 1.165) is 11.0 Å². The number of carbonyl (C=O) groups is 2. The second kappa shape index (κ2) is 8.21. The van der Waals surface area contributed by atoms with E-state index in [0.29, 0.717) is 11.5 Å². The number of nitrogens with zero attached hydrogens (tertiary/aromatic N) is 2. The predicted octanol–water partition coefficient (Wildman–Crippen LogP) is 3.65. The lowest BCUT2D eigenvalue weighted by atomic mass is 10.2. The van der Waals surface area contributed by atoms with Crippen LogP contribution in [0.5, 0.6) is 0 Å². The molecule has 0 fully saturated rings. The van der Waals surface area contributed by atoms with E-state index in [4.69, 9.17) is 0 Å². The molecular formula is C21H23FN4O2. The van der Waals surface area contributed by atoms with Crippen LogP contribution in [-0.2, 0) is 16.1 Å². The maximum Gasteiger partial charge on any atom is 0.244 e. The summed E-state index contributed by atoms with van der Waals surface area (Å²) in [5.41, 5.74) is 2.06. The lowest BCUT2D eigenvalue weighted by molar-refractivity contribution is -0.124. The third-order valence-corrected chi connectivity index (χ3v) is 4.38. The average Bonchev–Trinajstić information content (AvgIpc) is 3.02. The molecule has 3 rings (SSSR count). The van der Waals surface area contributed by atoms with E-state index in [2.05, 4.69) is 15.6 Å². The van der Waals surface area contributed by atoms with Crippen LogP contribution in [0.15, 0.2) is 48.5 Å². The van der Waals surface area contributed by atoms with Gasteiger partial charge in [0.2, 0.25) is 11.8 Å². The van der Waals surface area contributed by atoms with Crippen LogP contribution in [0.1, 0.15) is 32.6 Å². The van der Waals surface area contributed by atoms with Crippen LogP contribution in [0.25, 0.3) is 11.0 Å². The Morgan fingerprint density at radius 2 is 1.75 bits per heavy atom. The van der Waals surface area contributed by atoms with E-state index in [1.54, 1.807) is 4.57 Å². The Balaban J connectivity index is 1.87. The van der Waals surface area contributed by atoms with E-state index in [1.807, 2.05) is 45.0 Å². The van der Waals surface area contributed by atoms with Crippen LogP contribution in [-0.4, -0.2) is 21.4 Å². The minimum atomic E-state index is -0.365. The van der Waals surface area contributed by atoms with Crippen molar-refractivity contribution in [2.45, 2.75) is 33.4 Å². The smallest absolute Gasteiger partial charge is 0.244 e. The summed E-state index contributed by atoms with van der Waals surface area (Å²) in [5, 5.41) is 5.69. The highest BCUT2D eigenvalue weighted by Gasteiger charge is 2.21. The Labute approximate surface area is 162 Å². The van der Waals surface area contributed by atoms with Gasteiger partial charge in [0.05, 0.1) is 17.1 Å². The third kappa shape index (κ3) is 4.36. The number of anilines is 1. The largest absolute Gasteiger partial charge is 0.346 e. The van der Waals surface area contributed by atoms with Gasteiger partial charge in [0.15, 0.2) is 0 Å². The number of halogens is 1. The molecule has 146 valence electrons. The summed E-state index contributed by atoms with van der Waals surface area (Å²) in [5.74, 6) is -0.262. The second-order valence-electron chi connectivity index (χ2n) is 6.98. The number of benzene rings is 2. The Morgan fingerprint density at radius 1 is 1.07 bits per heavy atom. The Bertz CT molecular complexity index is 995. The molecule has 0 aliphatic carbocycles. The molecule has 2 aromatic carbocycles. The molecule has 28 heavy (non-hydrogen) atoms. The van der Waals surface area contributed by atoms with Gasteiger partial charge >= 0.3 is 0 Å². The molecule has 1 heterocycles. The molecule has 1 unspecified atom stereocenters. The minimum absolute atomic E-state index is 0.0229. The van der Waals surface area contributed by atoms with Crippen molar-refractivity contribution in [2.24, 2.45) is 5.92 Å². The standard InChI is InChI=1S/C21H23FN4O2/c1-13(2)21(28)23-14(3)20-25-17-6-4-5-7-18(17)26(20)12-19(27)24-16-10-8-15(22)9-11-16/h4-11,13-14H,12H2,1-3H3,(H,23,28)(H,24,27). The maximum atomic E-state index is 13.0. The van der Waals surface area contributed by atoms with E-state index in [-0.39, 0.29) is 36.1 Å². The first-order valence-corrected chi connectivity index (χ1v) is 9.16. The molecule has 1 atom stereocenters. The summed E-state index contributed by atoms with van der Waals surface area (Å²) in [6.07, 6.45) is 0. The van der Waals surface area contributed by atoms with Gasteiger partial charge in [-0.2, -0.15) is 0 Å². The fourth-order valence-electron chi connectivity index (χ4n) is 2.91. The normalized spacial score (nSPS) is 12.2. The first-order chi connectivity index (χ1) is 13.3. The minimum Gasteiger partial charge on any atom is -0.346 e. The van der Waals surface area contributed by atoms with Crippen LogP contribution in [0, 0.1) is 11.7 Å². The van der Waals surface area contributed by atoms with Gasteiger partial charge in [0, 0.05) is 11.6 Å². The number of amides is 2. The highest BCUT2D eigenvalue weighted by Crippen LogP contribution is 2.21. The monoisotopic (exact) mass is 382 g/mol. The first-order valence-electron chi connectivity index (χ1n) is 9.16. The summed E-state index contributed by atoms with van der Waals surface area (Å²) >= 11 is 0. The Hall–Kier alpha value is -3.22. The van der Waals surface area contributed by atoms with E-state index in [9.17, 15) is 14.0 Å². The van der Waals surface area contributed by atoms with Gasteiger partial charge in [0.1, 0.15) is 18.2 Å². The second-order valence-corrected chi connectivity index (χ2v) is 6.98. The van der Waals surface area contributed by atoms with Crippen molar-refractivity contribution in [1.29, 1.82) is 0 Å². The number of hydrogen-bond acceptors (Lipinski definition) is 3. The lowest BCUT2D eigenvalue weighted by Gasteiger charge is -2.17. The summed E-state index contributed by atoms with van der Waals surface area (Å²) in [7, 11) is 0. The lowest BCUT2D eigenvalue weighted by Crippen LogP contribution is -2.32. The van der Waals surface area contributed by atoms with Crippen LogP contribution < -0.4 is 10.6 Å². The summed E-state index contributed by atoms with van der Waals surface area (Å²) < 4.78 is 14.8. The van der Waals surface area contributed by atoms with Crippen molar-refractivity contribution in [1.82, 2.24) is 14.9 Å². The maximum absolute atomic E-state index is 13.0. The molecule has 1 aromatic heterocycles. The van der Waals surface area contributed by atoms with Crippen LogP contribution in [0.2, 0.25) is 0 Å². The molecule has 0 saturated carbocycles. The highest BCUT2D eigenvalue weighted by atomic mass is 19.1. The number of aromatic nitrogens is 2. The first kappa shape index (κ1) is 19.5. The molecule has 0 aliphatic heterocycles. The van der Waals surface area contributed by atoms with Crippen molar-refractivity contribution < 1.29 is 14.0 Å². The SMILES string of the molecule is CC(C)C(=O)NC(C)c1nc2ccccc2n1CC(=O)Nc1ccc(F)cc1. The average molecular weight is 382 g/mol. The van der Waals surface area contributed by atoms with E-state index < -0.39 is 0 Å². The summed E-state index contributed by atoms with van der Waals surface area (Å²) in [4.78, 5) is 29.3. The van der Waals surface area contributed by atoms with Crippen molar-refractivity contribution in [3.05, 3.63) is 60.2 Å². The molecule has 0 saturated heterocycles. The number of rotatable bonds is 6. The zero-order chi connectivity index (χ0) is 20.3. The van der Waals surface area contributed by atoms with Crippen LogP contribution >= 0.6 is 0 Å². The molecule has 2 amide bonds. The molecule has 0 aliphatic rings. The molecule has 0 radical (unpaired) electrons. The van der Waals surface area contributed by atoms with Crippen LogP contribution in [0.4, 0.5) is 10.1 Å². The van der Waals surface area contributed by atoms with Gasteiger partial charge in [0.25, 0.3) is 0 Å². The van der Waals surface area contributed by atoms with Gasteiger partial charge < -0.3 is 15.2 Å². The third-order valence-electron chi connectivity index (χ3n) is 4.38. The fraction of sp³-hybridized carbons (Fsp3) is 0.286. The zero-order valence-corrected chi connectivity index (χ0v) is 16.1. The molecule has 6 nitrogen and oxygen atoms in total. The zero-order valence-electron chi connectivity index (χ0n) is 16.1. The van der Waals surface area contributed by atoms with Crippen molar-refractivity contribution in [3.8, 4) is 0 Å². The molecule has 3 aromatic rings.